The molecule has 0 radical (unpaired) electrons. The van der Waals surface area contributed by atoms with E-state index < -0.39 is 0 Å². The Labute approximate surface area is 76.5 Å². The Morgan fingerprint density at radius 2 is 2.00 bits per heavy atom. The minimum Gasteiger partial charge on any atom is -0.377 e. The van der Waals surface area contributed by atoms with Gasteiger partial charge in [-0.25, -0.2) is 0 Å². The summed E-state index contributed by atoms with van der Waals surface area (Å²) in [4.78, 5) is 0. The van der Waals surface area contributed by atoms with Crippen molar-refractivity contribution in [1.82, 2.24) is 0 Å². The van der Waals surface area contributed by atoms with Gasteiger partial charge >= 0.3 is 0 Å². The zero-order valence-electron chi connectivity index (χ0n) is 8.89. The van der Waals surface area contributed by atoms with Crippen LogP contribution in [-0.4, -0.2) is 19.3 Å². The number of methoxy groups -OCH3 is 1. The lowest BCUT2D eigenvalue weighted by Gasteiger charge is -2.32. The average Bonchev–Trinajstić information content (AvgIpc) is 2.14. The highest BCUT2D eigenvalue weighted by Gasteiger charge is 2.27. The van der Waals surface area contributed by atoms with Crippen LogP contribution in [0.4, 0.5) is 0 Å². The van der Waals surface area contributed by atoms with Crippen molar-refractivity contribution < 1.29 is 4.74 Å². The van der Waals surface area contributed by atoms with Gasteiger partial charge in [-0.05, 0) is 18.8 Å². The Hall–Kier alpha value is -0.0800. The molecule has 0 amide bonds. The Morgan fingerprint density at radius 3 is 2.25 bits per heavy atom. The minimum absolute atomic E-state index is 0.0740. The van der Waals surface area contributed by atoms with Crippen LogP contribution < -0.4 is 5.73 Å². The van der Waals surface area contributed by atoms with Crippen LogP contribution in [-0.2, 0) is 4.74 Å². The van der Waals surface area contributed by atoms with Gasteiger partial charge in [0.1, 0.15) is 0 Å². The SMILES string of the molecule is CC[C@H](C)C[C@@](CC)(CN)OC. The summed E-state index contributed by atoms with van der Waals surface area (Å²) in [5.74, 6) is 0.702. The highest BCUT2D eigenvalue weighted by Crippen LogP contribution is 2.24. The molecule has 12 heavy (non-hydrogen) atoms. The number of hydrogen-bond acceptors (Lipinski definition) is 2. The Balaban J connectivity index is 4.09. The molecule has 0 aliphatic heterocycles. The van der Waals surface area contributed by atoms with Gasteiger partial charge in [-0.1, -0.05) is 27.2 Å². The average molecular weight is 173 g/mol. The molecular weight excluding hydrogens is 150 g/mol. The van der Waals surface area contributed by atoms with Gasteiger partial charge in [0.2, 0.25) is 0 Å². The van der Waals surface area contributed by atoms with Gasteiger partial charge in [-0.15, -0.1) is 0 Å². The highest BCUT2D eigenvalue weighted by atomic mass is 16.5. The summed E-state index contributed by atoms with van der Waals surface area (Å²) in [6, 6.07) is 0. The molecule has 0 fully saturated rings. The van der Waals surface area contributed by atoms with Crippen LogP contribution in [0.2, 0.25) is 0 Å². The van der Waals surface area contributed by atoms with Crippen LogP contribution >= 0.6 is 0 Å². The maximum Gasteiger partial charge on any atom is 0.0800 e. The zero-order valence-corrected chi connectivity index (χ0v) is 8.89. The van der Waals surface area contributed by atoms with Gasteiger partial charge in [0.25, 0.3) is 0 Å². The maximum atomic E-state index is 5.71. The molecule has 0 aromatic carbocycles. The van der Waals surface area contributed by atoms with Crippen LogP contribution in [0, 0.1) is 5.92 Å². The van der Waals surface area contributed by atoms with Gasteiger partial charge in [0.05, 0.1) is 5.60 Å². The molecule has 0 saturated heterocycles. The Kier molecular flexibility index (Phi) is 5.51. The fraction of sp³-hybridized carbons (Fsp3) is 1.00. The summed E-state index contributed by atoms with van der Waals surface area (Å²) in [6.45, 7) is 7.22. The van der Waals surface area contributed by atoms with Crippen molar-refractivity contribution in [2.24, 2.45) is 11.7 Å². The van der Waals surface area contributed by atoms with Gasteiger partial charge in [0.15, 0.2) is 0 Å². The van der Waals surface area contributed by atoms with Crippen molar-refractivity contribution in [3.8, 4) is 0 Å². The highest BCUT2D eigenvalue weighted by molar-refractivity contribution is 4.81. The van der Waals surface area contributed by atoms with Crippen LogP contribution in [0.5, 0.6) is 0 Å². The summed E-state index contributed by atoms with van der Waals surface area (Å²) in [5, 5.41) is 0. The van der Waals surface area contributed by atoms with E-state index >= 15 is 0 Å². The molecule has 2 nitrogen and oxygen atoms in total. The molecular formula is C10H23NO. The van der Waals surface area contributed by atoms with E-state index in [1.165, 1.54) is 6.42 Å². The molecule has 0 aliphatic rings. The predicted molar refractivity (Wildman–Crippen MR) is 53.2 cm³/mol. The van der Waals surface area contributed by atoms with E-state index in [1.807, 2.05) is 0 Å². The van der Waals surface area contributed by atoms with E-state index in [0.717, 1.165) is 12.8 Å². The number of nitrogens with two attached hydrogens (primary N) is 1. The first-order chi connectivity index (χ1) is 5.64. The second-order valence-corrected chi connectivity index (χ2v) is 3.66. The molecule has 2 atom stereocenters. The van der Waals surface area contributed by atoms with E-state index in [9.17, 15) is 0 Å². The second kappa shape index (κ2) is 5.55. The van der Waals surface area contributed by atoms with E-state index in [0.29, 0.717) is 12.5 Å². The molecule has 0 aromatic rings. The first-order valence-corrected chi connectivity index (χ1v) is 4.89. The molecule has 0 aromatic heterocycles. The third-order valence-electron chi connectivity index (χ3n) is 2.87. The summed E-state index contributed by atoms with van der Waals surface area (Å²) in [6.07, 6.45) is 3.28. The van der Waals surface area contributed by atoms with Gasteiger partial charge < -0.3 is 10.5 Å². The summed E-state index contributed by atoms with van der Waals surface area (Å²) < 4.78 is 5.48. The van der Waals surface area contributed by atoms with E-state index in [2.05, 4.69) is 20.8 Å². The predicted octanol–water partition coefficient (Wildman–Crippen LogP) is 2.18. The summed E-state index contributed by atoms with van der Waals surface area (Å²) in [5.41, 5.74) is 5.63. The van der Waals surface area contributed by atoms with Gasteiger partial charge in [-0.2, -0.15) is 0 Å². The van der Waals surface area contributed by atoms with Crippen LogP contribution in [0.25, 0.3) is 0 Å². The third-order valence-corrected chi connectivity index (χ3v) is 2.87. The smallest absolute Gasteiger partial charge is 0.0800 e. The zero-order chi connectivity index (χ0) is 9.61. The van der Waals surface area contributed by atoms with Crippen molar-refractivity contribution in [2.75, 3.05) is 13.7 Å². The molecule has 0 saturated carbocycles. The van der Waals surface area contributed by atoms with Gasteiger partial charge in [0, 0.05) is 13.7 Å². The summed E-state index contributed by atoms with van der Waals surface area (Å²) >= 11 is 0. The van der Waals surface area contributed by atoms with Gasteiger partial charge in [-0.3, -0.25) is 0 Å². The van der Waals surface area contributed by atoms with E-state index in [1.54, 1.807) is 7.11 Å². The van der Waals surface area contributed by atoms with Crippen molar-refractivity contribution in [3.63, 3.8) is 0 Å². The standard InChI is InChI=1S/C10H23NO/c1-5-9(3)7-10(6-2,8-11)12-4/h9H,5-8,11H2,1-4H3/t9-,10-/m0/s1. The quantitative estimate of drug-likeness (QED) is 0.668. The maximum absolute atomic E-state index is 5.71. The molecule has 0 spiro atoms. The molecule has 0 bridgehead atoms. The number of ether oxygens (including phenoxy) is 1. The Morgan fingerprint density at radius 1 is 1.42 bits per heavy atom. The molecule has 0 rings (SSSR count). The molecule has 0 aliphatic carbocycles. The van der Waals surface area contributed by atoms with Crippen molar-refractivity contribution in [2.45, 2.75) is 45.6 Å². The monoisotopic (exact) mass is 173 g/mol. The Bertz CT molecular complexity index is 102. The minimum atomic E-state index is -0.0740. The van der Waals surface area contributed by atoms with Crippen molar-refractivity contribution in [1.29, 1.82) is 0 Å². The molecule has 0 unspecified atom stereocenters. The van der Waals surface area contributed by atoms with E-state index in [4.69, 9.17) is 10.5 Å². The van der Waals surface area contributed by atoms with Crippen LogP contribution in [0.1, 0.15) is 40.0 Å². The first-order valence-electron chi connectivity index (χ1n) is 4.89. The third kappa shape index (κ3) is 3.11. The summed E-state index contributed by atoms with van der Waals surface area (Å²) in [7, 11) is 1.76. The number of rotatable bonds is 6. The van der Waals surface area contributed by atoms with Crippen molar-refractivity contribution >= 4 is 0 Å². The lowest BCUT2D eigenvalue weighted by atomic mass is 9.88. The fourth-order valence-electron chi connectivity index (χ4n) is 1.46. The van der Waals surface area contributed by atoms with E-state index in [-0.39, 0.29) is 5.60 Å². The van der Waals surface area contributed by atoms with Crippen molar-refractivity contribution in [3.05, 3.63) is 0 Å². The molecule has 74 valence electrons. The molecule has 2 N–H and O–H groups in total. The molecule has 2 heteroatoms. The topological polar surface area (TPSA) is 35.2 Å². The van der Waals surface area contributed by atoms with Crippen LogP contribution in [0.3, 0.4) is 0 Å². The largest absolute Gasteiger partial charge is 0.377 e. The lowest BCUT2D eigenvalue weighted by molar-refractivity contribution is -0.0238. The lowest BCUT2D eigenvalue weighted by Crippen LogP contribution is -2.40. The van der Waals surface area contributed by atoms with Crippen LogP contribution in [0.15, 0.2) is 0 Å². The second-order valence-electron chi connectivity index (χ2n) is 3.66. The first kappa shape index (κ1) is 11.9. The number of hydrogen-bond donors (Lipinski definition) is 1. The fourth-order valence-corrected chi connectivity index (χ4v) is 1.46. The normalized spacial score (nSPS) is 18.8. The molecule has 0 heterocycles.